The van der Waals surface area contributed by atoms with E-state index in [0.29, 0.717) is 43.2 Å². The lowest BCUT2D eigenvalue weighted by atomic mass is 10.1. The molecule has 13 heteroatoms. The number of carboxylic acid groups (broad SMARTS) is 1. The molecule has 10 nitrogen and oxygen atoms in total. The highest BCUT2D eigenvalue weighted by molar-refractivity contribution is 6.31. The molecule has 1 saturated heterocycles. The highest BCUT2D eigenvalue weighted by Crippen LogP contribution is 2.43. The van der Waals surface area contributed by atoms with E-state index in [4.69, 9.17) is 26.1 Å². The summed E-state index contributed by atoms with van der Waals surface area (Å²) in [4.78, 5) is 23.3. The van der Waals surface area contributed by atoms with Gasteiger partial charge in [0.2, 0.25) is 5.88 Å². The molecule has 2 aromatic heterocycles. The van der Waals surface area contributed by atoms with Crippen molar-refractivity contribution in [2.24, 2.45) is 0 Å². The summed E-state index contributed by atoms with van der Waals surface area (Å²) in [6.45, 7) is 2.99. The Bertz CT molecular complexity index is 1710. The van der Waals surface area contributed by atoms with Gasteiger partial charge in [-0.3, -0.25) is 4.90 Å². The number of rotatable bonds is 8. The highest BCUT2D eigenvalue weighted by Gasteiger charge is 2.44. The van der Waals surface area contributed by atoms with E-state index in [2.05, 4.69) is 23.9 Å². The molecule has 0 bridgehead atoms. The van der Waals surface area contributed by atoms with Crippen LogP contribution in [-0.4, -0.2) is 56.1 Å². The molecule has 0 unspecified atom stereocenters. The lowest BCUT2D eigenvalue weighted by Crippen LogP contribution is -2.34. The largest absolute Gasteiger partial charge is 0.586 e. The van der Waals surface area contributed by atoms with Crippen molar-refractivity contribution in [3.05, 3.63) is 75.7 Å². The van der Waals surface area contributed by atoms with Crippen molar-refractivity contribution in [1.82, 2.24) is 19.4 Å². The number of hydrogen-bond acceptors (Lipinski definition) is 8. The Kier molecular flexibility index (Phi) is 6.63. The normalized spacial score (nSPS) is 19.0. The van der Waals surface area contributed by atoms with Gasteiger partial charge in [0.15, 0.2) is 11.5 Å². The van der Waals surface area contributed by atoms with Crippen LogP contribution >= 0.6 is 11.6 Å². The molecule has 42 heavy (non-hydrogen) atoms. The molecule has 1 atom stereocenters. The molecule has 5 heterocycles. The van der Waals surface area contributed by atoms with E-state index in [1.165, 1.54) is 6.07 Å². The maximum atomic E-state index is 13.6. The van der Waals surface area contributed by atoms with Gasteiger partial charge in [-0.1, -0.05) is 23.7 Å². The first-order valence-corrected chi connectivity index (χ1v) is 13.9. The van der Waals surface area contributed by atoms with Crippen LogP contribution in [0.1, 0.15) is 39.4 Å². The summed E-state index contributed by atoms with van der Waals surface area (Å²) in [6.07, 6.45) is -2.01. The summed E-state index contributed by atoms with van der Waals surface area (Å²) in [5.41, 5.74) is 3.87. The van der Waals surface area contributed by atoms with Gasteiger partial charge in [-0.05, 0) is 48.7 Å². The van der Waals surface area contributed by atoms with E-state index >= 15 is 0 Å². The van der Waals surface area contributed by atoms with E-state index in [1.807, 2.05) is 6.07 Å². The molecular weight excluding hydrogens is 574 g/mol. The third-order valence-electron chi connectivity index (χ3n) is 7.68. The fourth-order valence-electron chi connectivity index (χ4n) is 5.45. The predicted molar refractivity (Wildman–Crippen MR) is 145 cm³/mol. The monoisotopic (exact) mass is 598 g/mol. The molecule has 218 valence electrons. The molecule has 1 N–H and O–H groups in total. The topological polar surface area (TPSA) is 108 Å². The van der Waals surface area contributed by atoms with Crippen LogP contribution in [0, 0.1) is 0 Å². The van der Waals surface area contributed by atoms with Crippen molar-refractivity contribution in [2.45, 2.75) is 51.5 Å². The van der Waals surface area contributed by atoms with Gasteiger partial charge in [0.1, 0.15) is 17.5 Å². The highest BCUT2D eigenvalue weighted by atomic mass is 35.5. The van der Waals surface area contributed by atoms with Gasteiger partial charge in [-0.2, -0.15) is 0 Å². The number of benzene rings is 2. The number of halogens is 3. The van der Waals surface area contributed by atoms with Crippen LogP contribution in [0.2, 0.25) is 5.02 Å². The number of aromatic carboxylic acids is 1. The number of ether oxygens (including phenoxy) is 4. The molecule has 4 aromatic rings. The summed E-state index contributed by atoms with van der Waals surface area (Å²) in [5.74, 6) is -0.120. The SMILES string of the molecule is O=C(O)c1ccc2nc(CN3CCc4cc(Cl)c(OCc5cccc6c5OC(F)(F)O6)nc4C3)n(C[C@@H]3CCO3)c2c1. The average molecular weight is 599 g/mol. The fraction of sp³-hybridized carbons (Fsp3) is 0.345. The number of nitrogens with zero attached hydrogens (tertiary/aromatic N) is 4. The van der Waals surface area contributed by atoms with Crippen molar-refractivity contribution >= 4 is 28.6 Å². The molecule has 3 aliphatic rings. The maximum absolute atomic E-state index is 13.6. The second-order valence-corrected chi connectivity index (χ2v) is 10.9. The van der Waals surface area contributed by atoms with E-state index in [1.54, 1.807) is 30.3 Å². The van der Waals surface area contributed by atoms with Gasteiger partial charge in [0, 0.05) is 25.3 Å². The Morgan fingerprint density at radius 1 is 1.19 bits per heavy atom. The van der Waals surface area contributed by atoms with Gasteiger partial charge in [-0.15, -0.1) is 8.78 Å². The van der Waals surface area contributed by atoms with Crippen LogP contribution in [0.15, 0.2) is 42.5 Å². The molecule has 0 aliphatic carbocycles. The van der Waals surface area contributed by atoms with E-state index in [-0.39, 0.29) is 35.7 Å². The number of para-hydroxylation sites is 1. The summed E-state index contributed by atoms with van der Waals surface area (Å²) < 4.78 is 49.9. The smallest absolute Gasteiger partial charge is 0.478 e. The number of imidazole rings is 1. The van der Waals surface area contributed by atoms with Crippen LogP contribution in [0.4, 0.5) is 8.78 Å². The van der Waals surface area contributed by atoms with Crippen molar-refractivity contribution in [2.75, 3.05) is 13.2 Å². The van der Waals surface area contributed by atoms with Gasteiger partial charge in [0.25, 0.3) is 0 Å². The minimum atomic E-state index is -3.73. The van der Waals surface area contributed by atoms with Crippen LogP contribution in [0.3, 0.4) is 0 Å². The first-order chi connectivity index (χ1) is 20.2. The lowest BCUT2D eigenvalue weighted by molar-refractivity contribution is -0.287. The minimum Gasteiger partial charge on any atom is -0.478 e. The Morgan fingerprint density at radius 3 is 2.83 bits per heavy atom. The number of carbonyl (C=O) groups is 1. The van der Waals surface area contributed by atoms with Crippen LogP contribution < -0.4 is 14.2 Å². The standard InChI is InChI=1S/C29H25ClF2N4O6/c30-20-10-16-6-8-35(13-22(16)34-27(20)40-15-18-2-1-3-24-26(18)42-29(31,32)41-24)14-25-33-21-5-4-17(28(37)38)11-23(21)36(25)12-19-7-9-39-19/h1-5,10-11,19H,6-9,12-15H2,(H,37,38)/t19-/m0/s1. The maximum Gasteiger partial charge on any atom is 0.586 e. The third-order valence-corrected chi connectivity index (χ3v) is 7.95. The quantitative estimate of drug-likeness (QED) is 0.299. The van der Waals surface area contributed by atoms with Crippen LogP contribution in [-0.2, 0) is 37.4 Å². The molecule has 7 rings (SSSR count). The Hall–Kier alpha value is -4.00. The summed E-state index contributed by atoms with van der Waals surface area (Å²) in [7, 11) is 0. The fourth-order valence-corrected chi connectivity index (χ4v) is 5.68. The van der Waals surface area contributed by atoms with E-state index in [0.717, 1.165) is 41.1 Å². The van der Waals surface area contributed by atoms with Gasteiger partial charge >= 0.3 is 12.3 Å². The van der Waals surface area contributed by atoms with E-state index < -0.39 is 12.3 Å². The minimum absolute atomic E-state index is 0.0599. The molecule has 0 radical (unpaired) electrons. The molecule has 0 amide bonds. The summed E-state index contributed by atoms with van der Waals surface area (Å²) >= 11 is 6.48. The molecule has 2 aromatic carbocycles. The van der Waals surface area contributed by atoms with Crippen LogP contribution in [0.5, 0.6) is 17.4 Å². The van der Waals surface area contributed by atoms with Crippen molar-refractivity contribution in [1.29, 1.82) is 0 Å². The Balaban J connectivity index is 1.10. The number of carboxylic acids is 1. The molecule has 3 aliphatic heterocycles. The predicted octanol–water partition coefficient (Wildman–Crippen LogP) is 5.03. The molecule has 0 spiro atoms. The second-order valence-electron chi connectivity index (χ2n) is 10.5. The molecule has 0 saturated carbocycles. The zero-order valence-corrected chi connectivity index (χ0v) is 22.9. The molecule has 1 fully saturated rings. The number of fused-ring (bicyclic) bond motifs is 3. The number of pyridine rings is 1. The number of hydrogen-bond donors (Lipinski definition) is 1. The van der Waals surface area contributed by atoms with Gasteiger partial charge in [0.05, 0.1) is 41.5 Å². The first kappa shape index (κ1) is 26.9. The van der Waals surface area contributed by atoms with Crippen molar-refractivity contribution < 1.29 is 37.6 Å². The summed E-state index contributed by atoms with van der Waals surface area (Å²) in [6, 6.07) is 11.4. The number of aromatic nitrogens is 3. The van der Waals surface area contributed by atoms with Crippen molar-refractivity contribution in [3.8, 4) is 17.4 Å². The van der Waals surface area contributed by atoms with Gasteiger partial charge in [-0.25, -0.2) is 14.8 Å². The van der Waals surface area contributed by atoms with E-state index in [9.17, 15) is 18.7 Å². The van der Waals surface area contributed by atoms with Gasteiger partial charge < -0.3 is 28.6 Å². The third kappa shape index (κ3) is 5.10. The van der Waals surface area contributed by atoms with Crippen molar-refractivity contribution in [3.63, 3.8) is 0 Å². The zero-order valence-electron chi connectivity index (χ0n) is 22.2. The Labute approximate surface area is 243 Å². The number of alkyl halides is 2. The second kappa shape index (κ2) is 10.4. The molecular formula is C29H25ClF2N4O6. The van der Waals surface area contributed by atoms with Crippen LogP contribution in [0.25, 0.3) is 11.0 Å². The average Bonchev–Trinajstić information content (AvgIpc) is 3.44. The summed E-state index contributed by atoms with van der Waals surface area (Å²) in [5, 5.41) is 9.84. The Morgan fingerprint density at radius 2 is 2.05 bits per heavy atom. The zero-order chi connectivity index (χ0) is 29.0. The first-order valence-electron chi connectivity index (χ1n) is 13.5. The lowest BCUT2D eigenvalue weighted by Gasteiger charge is -2.30.